The molecule has 0 aliphatic heterocycles. The van der Waals surface area contributed by atoms with E-state index in [1.54, 1.807) is 7.11 Å². The average Bonchev–Trinajstić information content (AvgIpc) is 2.99. The third-order valence-corrected chi connectivity index (χ3v) is 3.59. The summed E-state index contributed by atoms with van der Waals surface area (Å²) in [6.45, 7) is 0.435. The summed E-state index contributed by atoms with van der Waals surface area (Å²) in [6.07, 6.45) is 0.819. The maximum atomic E-state index is 5.75. The van der Waals surface area contributed by atoms with Crippen LogP contribution in [-0.2, 0) is 13.0 Å². The van der Waals surface area contributed by atoms with E-state index >= 15 is 0 Å². The van der Waals surface area contributed by atoms with Crippen LogP contribution in [0.5, 0.6) is 5.75 Å². The van der Waals surface area contributed by atoms with Crippen molar-refractivity contribution in [1.29, 1.82) is 0 Å². The highest BCUT2D eigenvalue weighted by Gasteiger charge is 2.10. The third kappa shape index (κ3) is 3.02. The molecule has 2 N–H and O–H groups in total. The van der Waals surface area contributed by atoms with Crippen LogP contribution in [0.2, 0.25) is 0 Å². The van der Waals surface area contributed by atoms with Crippen molar-refractivity contribution < 1.29 is 4.74 Å². The van der Waals surface area contributed by atoms with E-state index in [0.717, 1.165) is 29.2 Å². The van der Waals surface area contributed by atoms with Crippen molar-refractivity contribution >= 4 is 0 Å². The first kappa shape index (κ1) is 14.4. The van der Waals surface area contributed by atoms with Crippen molar-refractivity contribution in [2.45, 2.75) is 13.0 Å². The maximum absolute atomic E-state index is 5.75. The number of benzene rings is 2. The van der Waals surface area contributed by atoms with Gasteiger partial charge in [0.2, 0.25) is 0 Å². The van der Waals surface area contributed by atoms with Crippen LogP contribution in [0.4, 0.5) is 0 Å². The van der Waals surface area contributed by atoms with Crippen molar-refractivity contribution in [2.24, 2.45) is 5.73 Å². The molecule has 0 saturated carbocycles. The fraction of sp³-hybridized carbons (Fsp3) is 0.167. The SMILES string of the molecule is COc1ccc(-n2nc(CN)cc2Cc2ccccc2)cc1. The number of rotatable bonds is 5. The van der Waals surface area contributed by atoms with Gasteiger partial charge >= 0.3 is 0 Å². The number of hydrogen-bond acceptors (Lipinski definition) is 3. The zero-order chi connectivity index (χ0) is 15.4. The Kier molecular flexibility index (Phi) is 4.21. The molecule has 1 heterocycles. The number of ether oxygens (including phenoxy) is 1. The summed E-state index contributed by atoms with van der Waals surface area (Å²) in [6, 6.07) is 20.3. The smallest absolute Gasteiger partial charge is 0.119 e. The lowest BCUT2D eigenvalue weighted by molar-refractivity contribution is 0.414. The Bertz CT molecular complexity index is 733. The quantitative estimate of drug-likeness (QED) is 0.787. The Hall–Kier alpha value is -2.59. The van der Waals surface area contributed by atoms with Crippen LogP contribution in [0.3, 0.4) is 0 Å². The van der Waals surface area contributed by atoms with Gasteiger partial charge in [-0.3, -0.25) is 0 Å². The molecule has 22 heavy (non-hydrogen) atoms. The van der Waals surface area contributed by atoms with Gasteiger partial charge in [-0.15, -0.1) is 0 Å². The van der Waals surface area contributed by atoms with Crippen molar-refractivity contribution in [3.05, 3.63) is 77.6 Å². The minimum Gasteiger partial charge on any atom is -0.497 e. The van der Waals surface area contributed by atoms with E-state index in [-0.39, 0.29) is 0 Å². The van der Waals surface area contributed by atoms with Crippen molar-refractivity contribution in [3.63, 3.8) is 0 Å². The van der Waals surface area contributed by atoms with Gasteiger partial charge in [-0.25, -0.2) is 4.68 Å². The third-order valence-electron chi connectivity index (χ3n) is 3.59. The topological polar surface area (TPSA) is 53.1 Å². The second-order valence-corrected chi connectivity index (χ2v) is 5.10. The van der Waals surface area contributed by atoms with Gasteiger partial charge in [-0.2, -0.15) is 5.10 Å². The molecule has 0 saturated heterocycles. The van der Waals surface area contributed by atoms with Gasteiger partial charge in [-0.1, -0.05) is 30.3 Å². The summed E-state index contributed by atoms with van der Waals surface area (Å²) in [5.41, 5.74) is 10.0. The molecular formula is C18H19N3O. The largest absolute Gasteiger partial charge is 0.497 e. The van der Waals surface area contributed by atoms with E-state index in [1.807, 2.05) is 47.1 Å². The molecule has 0 atom stereocenters. The van der Waals surface area contributed by atoms with E-state index in [2.05, 4.69) is 23.3 Å². The number of nitrogens with zero attached hydrogens (tertiary/aromatic N) is 2. The zero-order valence-corrected chi connectivity index (χ0v) is 12.6. The summed E-state index contributed by atoms with van der Waals surface area (Å²) in [7, 11) is 1.66. The van der Waals surface area contributed by atoms with Gasteiger partial charge in [0.1, 0.15) is 5.75 Å². The van der Waals surface area contributed by atoms with Crippen LogP contribution in [0.25, 0.3) is 5.69 Å². The van der Waals surface area contributed by atoms with Gasteiger partial charge in [0.25, 0.3) is 0 Å². The zero-order valence-electron chi connectivity index (χ0n) is 12.6. The molecule has 0 bridgehead atoms. The van der Waals surface area contributed by atoms with Crippen molar-refractivity contribution in [1.82, 2.24) is 9.78 Å². The summed E-state index contributed by atoms with van der Waals surface area (Å²) >= 11 is 0. The Morgan fingerprint density at radius 3 is 2.41 bits per heavy atom. The number of aromatic nitrogens is 2. The Labute approximate surface area is 130 Å². The first-order chi connectivity index (χ1) is 10.8. The molecule has 2 aromatic carbocycles. The van der Waals surface area contributed by atoms with Gasteiger partial charge in [-0.05, 0) is 35.9 Å². The molecule has 4 nitrogen and oxygen atoms in total. The van der Waals surface area contributed by atoms with Crippen LogP contribution in [0, 0.1) is 0 Å². The molecule has 4 heteroatoms. The molecule has 0 aliphatic rings. The van der Waals surface area contributed by atoms with Crippen LogP contribution in [0.1, 0.15) is 17.0 Å². The minimum absolute atomic E-state index is 0.435. The highest BCUT2D eigenvalue weighted by molar-refractivity contribution is 5.39. The second-order valence-electron chi connectivity index (χ2n) is 5.10. The number of hydrogen-bond donors (Lipinski definition) is 1. The summed E-state index contributed by atoms with van der Waals surface area (Å²) in [4.78, 5) is 0. The number of methoxy groups -OCH3 is 1. The molecule has 3 rings (SSSR count). The highest BCUT2D eigenvalue weighted by atomic mass is 16.5. The fourth-order valence-electron chi connectivity index (χ4n) is 2.45. The van der Waals surface area contributed by atoms with Crippen molar-refractivity contribution in [2.75, 3.05) is 7.11 Å². The lowest BCUT2D eigenvalue weighted by Crippen LogP contribution is -2.04. The molecule has 0 spiro atoms. The number of nitrogens with two attached hydrogens (primary N) is 1. The van der Waals surface area contributed by atoms with E-state index in [1.165, 1.54) is 5.56 Å². The van der Waals surface area contributed by atoms with Gasteiger partial charge < -0.3 is 10.5 Å². The molecule has 0 aliphatic carbocycles. The summed E-state index contributed by atoms with van der Waals surface area (Å²) < 4.78 is 7.16. The first-order valence-corrected chi connectivity index (χ1v) is 7.26. The Morgan fingerprint density at radius 2 is 1.77 bits per heavy atom. The summed E-state index contributed by atoms with van der Waals surface area (Å²) in [5.74, 6) is 0.833. The first-order valence-electron chi connectivity index (χ1n) is 7.26. The Balaban J connectivity index is 1.97. The second kappa shape index (κ2) is 6.45. The van der Waals surface area contributed by atoms with Crippen LogP contribution < -0.4 is 10.5 Å². The highest BCUT2D eigenvalue weighted by Crippen LogP contribution is 2.19. The van der Waals surface area contributed by atoms with Crippen LogP contribution in [0.15, 0.2) is 60.7 Å². The van der Waals surface area contributed by atoms with Gasteiger partial charge in [0.15, 0.2) is 0 Å². The monoisotopic (exact) mass is 293 g/mol. The predicted octanol–water partition coefficient (Wildman–Crippen LogP) is 2.93. The molecule has 0 unspecified atom stereocenters. The van der Waals surface area contributed by atoms with E-state index in [4.69, 9.17) is 10.5 Å². The average molecular weight is 293 g/mol. The molecule has 3 aromatic rings. The Morgan fingerprint density at radius 1 is 1.05 bits per heavy atom. The molecule has 112 valence electrons. The standard InChI is InChI=1S/C18H19N3O/c1-22-18-9-7-16(8-10-18)21-17(12-15(13-19)20-21)11-14-5-3-2-4-6-14/h2-10,12H,11,13,19H2,1H3. The fourth-order valence-corrected chi connectivity index (χ4v) is 2.45. The molecule has 1 aromatic heterocycles. The molecule has 0 fully saturated rings. The molecule has 0 amide bonds. The van der Waals surface area contributed by atoms with Gasteiger partial charge in [0.05, 0.1) is 18.5 Å². The maximum Gasteiger partial charge on any atom is 0.119 e. The van der Waals surface area contributed by atoms with Crippen molar-refractivity contribution in [3.8, 4) is 11.4 Å². The molecular weight excluding hydrogens is 274 g/mol. The predicted molar refractivity (Wildman–Crippen MR) is 87.3 cm³/mol. The lowest BCUT2D eigenvalue weighted by Gasteiger charge is -2.08. The van der Waals surface area contributed by atoms with E-state index in [0.29, 0.717) is 6.54 Å². The summed E-state index contributed by atoms with van der Waals surface area (Å²) in [5, 5.41) is 4.60. The normalized spacial score (nSPS) is 10.6. The van der Waals surface area contributed by atoms with E-state index in [9.17, 15) is 0 Å². The molecule has 0 radical (unpaired) electrons. The lowest BCUT2D eigenvalue weighted by atomic mass is 10.1. The van der Waals surface area contributed by atoms with Gasteiger partial charge in [0, 0.05) is 18.7 Å². The van der Waals surface area contributed by atoms with Crippen LogP contribution in [-0.4, -0.2) is 16.9 Å². The van der Waals surface area contributed by atoms with E-state index < -0.39 is 0 Å². The van der Waals surface area contributed by atoms with Crippen LogP contribution >= 0.6 is 0 Å². The minimum atomic E-state index is 0.435.